The minimum Gasteiger partial charge on any atom is -0.508 e. The van der Waals surface area contributed by atoms with Crippen molar-refractivity contribution in [1.29, 1.82) is 0 Å². The van der Waals surface area contributed by atoms with Crippen LogP contribution in [0.25, 0.3) is 16.5 Å². The van der Waals surface area contributed by atoms with E-state index in [1.54, 1.807) is 18.2 Å². The average molecular weight is 568 g/mol. The van der Waals surface area contributed by atoms with Gasteiger partial charge in [-0.15, -0.1) is 0 Å². The number of fused-ring (bicyclic) bond motifs is 4. The van der Waals surface area contributed by atoms with Crippen molar-refractivity contribution in [3.05, 3.63) is 57.6 Å². The summed E-state index contributed by atoms with van der Waals surface area (Å²) in [5, 5.41) is 45.7. The Kier molecular flexibility index (Phi) is 6.96. The number of phenolic OH excluding ortho intramolecular Hbond substituents is 1. The van der Waals surface area contributed by atoms with Crippen LogP contribution in [0.15, 0.2) is 35.1 Å². The summed E-state index contributed by atoms with van der Waals surface area (Å²) >= 11 is 0. The van der Waals surface area contributed by atoms with E-state index in [0.717, 1.165) is 18.5 Å². The molecule has 218 valence electrons. The first kappa shape index (κ1) is 28.7. The van der Waals surface area contributed by atoms with Gasteiger partial charge in [0.2, 0.25) is 5.78 Å². The van der Waals surface area contributed by atoms with E-state index in [4.69, 9.17) is 5.73 Å². The SMILES string of the molecule is CCCN(C)Cc1ccc2c(F)c3c(c(O)c2c1)C(O)=C1C(=O)[C@]2(O)C(O)=C(C(N)=O)C(=O)[C@@H](N(C)C)[C@@H]2C[C@@H]1C3. The monoisotopic (exact) mass is 567 g/mol. The molecule has 0 aliphatic heterocycles. The second-order valence-electron chi connectivity index (χ2n) is 11.6. The van der Waals surface area contributed by atoms with Gasteiger partial charge in [0.25, 0.3) is 5.91 Å². The number of hydrogen-bond acceptors (Lipinski definition) is 9. The Morgan fingerprint density at radius 3 is 2.44 bits per heavy atom. The fourth-order valence-electron chi connectivity index (χ4n) is 6.98. The molecule has 0 spiro atoms. The Morgan fingerprint density at radius 2 is 1.83 bits per heavy atom. The third-order valence-electron chi connectivity index (χ3n) is 8.75. The lowest BCUT2D eigenvalue weighted by molar-refractivity contribution is -0.153. The summed E-state index contributed by atoms with van der Waals surface area (Å²) in [5.41, 5.74) is 1.97. The van der Waals surface area contributed by atoms with Gasteiger partial charge in [0.05, 0.1) is 11.6 Å². The van der Waals surface area contributed by atoms with E-state index in [1.165, 1.54) is 19.0 Å². The quantitative estimate of drug-likeness (QED) is 0.329. The molecule has 0 unspecified atom stereocenters. The molecule has 5 rings (SSSR count). The van der Waals surface area contributed by atoms with Gasteiger partial charge in [-0.2, -0.15) is 0 Å². The highest BCUT2D eigenvalue weighted by atomic mass is 19.1. The molecule has 4 atom stereocenters. The molecule has 10 nitrogen and oxygen atoms in total. The first-order valence-electron chi connectivity index (χ1n) is 13.5. The number of aliphatic hydroxyl groups is 3. The van der Waals surface area contributed by atoms with Crippen LogP contribution in [0.2, 0.25) is 0 Å². The predicted molar refractivity (Wildman–Crippen MR) is 148 cm³/mol. The van der Waals surface area contributed by atoms with Crippen LogP contribution < -0.4 is 5.73 Å². The van der Waals surface area contributed by atoms with Crippen molar-refractivity contribution in [2.24, 2.45) is 17.6 Å². The number of ketones is 2. The van der Waals surface area contributed by atoms with Crippen LogP contribution >= 0.6 is 0 Å². The third-order valence-corrected chi connectivity index (χ3v) is 8.75. The molecule has 0 saturated heterocycles. The second kappa shape index (κ2) is 9.93. The molecule has 0 bridgehead atoms. The molecule has 3 aliphatic carbocycles. The summed E-state index contributed by atoms with van der Waals surface area (Å²) < 4.78 is 16.0. The number of amides is 1. The lowest BCUT2D eigenvalue weighted by Crippen LogP contribution is -2.65. The second-order valence-corrected chi connectivity index (χ2v) is 11.6. The number of aliphatic hydroxyl groups excluding tert-OH is 2. The molecule has 11 heteroatoms. The fourth-order valence-corrected chi connectivity index (χ4v) is 6.98. The first-order chi connectivity index (χ1) is 19.2. The van der Waals surface area contributed by atoms with Gasteiger partial charge in [-0.05, 0) is 64.5 Å². The number of Topliss-reactive ketones (excluding diaryl/α,β-unsaturated/α-hetero) is 2. The fraction of sp³-hybridized carbons (Fsp3) is 0.433. The zero-order chi connectivity index (χ0) is 30.1. The van der Waals surface area contributed by atoms with Gasteiger partial charge in [-0.1, -0.05) is 19.1 Å². The molecule has 6 N–H and O–H groups in total. The summed E-state index contributed by atoms with van der Waals surface area (Å²) in [4.78, 5) is 42.8. The van der Waals surface area contributed by atoms with Crippen molar-refractivity contribution in [3.8, 4) is 5.75 Å². The molecule has 1 amide bonds. The summed E-state index contributed by atoms with van der Waals surface area (Å²) in [6.07, 6.45) is 0.730. The number of carbonyl (C=O) groups excluding carboxylic acids is 3. The topological polar surface area (TPSA) is 165 Å². The normalized spacial score (nSPS) is 26.1. The number of rotatable bonds is 6. The highest BCUT2D eigenvalue weighted by molar-refractivity contribution is 6.24. The zero-order valence-electron chi connectivity index (χ0n) is 23.4. The van der Waals surface area contributed by atoms with Crippen molar-refractivity contribution >= 4 is 34.0 Å². The number of halogens is 1. The summed E-state index contributed by atoms with van der Waals surface area (Å²) in [5.74, 6) is -8.28. The van der Waals surface area contributed by atoms with Gasteiger partial charge < -0.3 is 31.1 Å². The van der Waals surface area contributed by atoms with Crippen molar-refractivity contribution in [2.75, 3.05) is 27.7 Å². The Labute approximate surface area is 236 Å². The number of aromatic hydroxyl groups is 1. The lowest BCUT2D eigenvalue weighted by atomic mass is 9.57. The van der Waals surface area contributed by atoms with Gasteiger partial charge in [-0.25, -0.2) is 4.39 Å². The number of carbonyl (C=O) groups is 3. The number of phenols is 1. The standard InChI is InChI=1S/C30H34FN3O7/c1-5-8-34(4)12-13-6-7-15-16(9-13)24(35)20-17(22(15)31)10-14-11-18-23(33(2)3)26(37)21(29(32)40)28(39)30(18,41)27(38)19(14)25(20)36/h6-7,9,14,18,23,35-36,39,41H,5,8,10-12H2,1-4H3,(H2,32,40)/t14-,18-,23-,30-/m0/s1. The lowest BCUT2D eigenvalue weighted by Gasteiger charge is -2.50. The third kappa shape index (κ3) is 4.05. The maximum atomic E-state index is 16.0. The van der Waals surface area contributed by atoms with Crippen molar-refractivity contribution in [1.82, 2.24) is 9.80 Å². The Bertz CT molecular complexity index is 1580. The Hall–Kier alpha value is -3.80. The maximum Gasteiger partial charge on any atom is 0.255 e. The number of nitrogens with two attached hydrogens (primary N) is 1. The molecular weight excluding hydrogens is 533 g/mol. The minimum absolute atomic E-state index is 0.0106. The molecule has 2 aromatic carbocycles. The van der Waals surface area contributed by atoms with E-state index in [9.17, 15) is 34.8 Å². The number of primary amides is 1. The van der Waals surface area contributed by atoms with E-state index in [-0.39, 0.29) is 40.3 Å². The van der Waals surface area contributed by atoms with Crippen LogP contribution in [-0.4, -0.2) is 87.0 Å². The van der Waals surface area contributed by atoms with Crippen molar-refractivity contribution in [2.45, 2.75) is 44.4 Å². The van der Waals surface area contributed by atoms with Gasteiger partial charge in [0.1, 0.15) is 28.7 Å². The smallest absolute Gasteiger partial charge is 0.255 e. The van der Waals surface area contributed by atoms with E-state index >= 15 is 4.39 Å². The number of nitrogens with zero attached hydrogens (tertiary/aromatic N) is 2. The first-order valence-corrected chi connectivity index (χ1v) is 13.5. The number of benzene rings is 2. The van der Waals surface area contributed by atoms with Crippen molar-refractivity contribution in [3.63, 3.8) is 0 Å². The van der Waals surface area contributed by atoms with Gasteiger partial charge >= 0.3 is 0 Å². The number of likely N-dealkylation sites (N-methyl/N-ethyl adjacent to an activating group) is 1. The number of hydrogen-bond donors (Lipinski definition) is 5. The van der Waals surface area contributed by atoms with Crippen LogP contribution in [-0.2, 0) is 27.3 Å². The maximum absolute atomic E-state index is 16.0. The van der Waals surface area contributed by atoms with Gasteiger partial charge in [-0.3, -0.25) is 19.3 Å². The molecule has 41 heavy (non-hydrogen) atoms. The molecule has 3 aliphatic rings. The molecule has 0 heterocycles. The molecule has 2 aromatic rings. The van der Waals surface area contributed by atoms with Crippen LogP contribution in [0.4, 0.5) is 4.39 Å². The zero-order valence-corrected chi connectivity index (χ0v) is 23.4. The van der Waals surface area contributed by atoms with Crippen LogP contribution in [0.3, 0.4) is 0 Å². The molecule has 0 aromatic heterocycles. The highest BCUT2D eigenvalue weighted by Crippen LogP contribution is 2.53. The largest absolute Gasteiger partial charge is 0.508 e. The Morgan fingerprint density at radius 1 is 1.15 bits per heavy atom. The van der Waals surface area contributed by atoms with E-state index in [1.807, 2.05) is 7.05 Å². The predicted octanol–water partition coefficient (Wildman–Crippen LogP) is 2.10. The molecule has 1 saturated carbocycles. The molecule has 1 fully saturated rings. The van der Waals surface area contributed by atoms with Crippen LogP contribution in [0, 0.1) is 17.7 Å². The van der Waals surface area contributed by atoms with Gasteiger partial charge in [0.15, 0.2) is 11.4 Å². The van der Waals surface area contributed by atoms with Crippen LogP contribution in [0.1, 0.15) is 36.5 Å². The summed E-state index contributed by atoms with van der Waals surface area (Å²) in [6, 6.07) is 3.79. The van der Waals surface area contributed by atoms with Crippen molar-refractivity contribution < 1.29 is 39.2 Å². The van der Waals surface area contributed by atoms with E-state index in [2.05, 4.69) is 11.8 Å². The summed E-state index contributed by atoms with van der Waals surface area (Å²) in [7, 11) is 4.98. The van der Waals surface area contributed by atoms with E-state index < -0.39 is 69.6 Å². The highest BCUT2D eigenvalue weighted by Gasteiger charge is 2.64. The minimum atomic E-state index is -2.74. The van der Waals surface area contributed by atoms with E-state index in [0.29, 0.717) is 6.54 Å². The van der Waals surface area contributed by atoms with Crippen LogP contribution in [0.5, 0.6) is 5.75 Å². The summed E-state index contributed by atoms with van der Waals surface area (Å²) in [6.45, 7) is 3.43. The van der Waals surface area contributed by atoms with Gasteiger partial charge in [0, 0.05) is 34.4 Å². The Balaban J connectivity index is 1.70. The molecular formula is C30H34FN3O7. The molecule has 0 radical (unpaired) electrons. The average Bonchev–Trinajstić information content (AvgIpc) is 2.89.